The second-order valence-corrected chi connectivity index (χ2v) is 5.15. The lowest BCUT2D eigenvalue weighted by Gasteiger charge is -2.24. The van der Waals surface area contributed by atoms with E-state index < -0.39 is 0 Å². The molecule has 2 rings (SSSR count). The molecule has 3 heteroatoms. The lowest BCUT2D eigenvalue weighted by molar-refractivity contribution is 0.179. The maximum atomic E-state index is 6.06. The molecule has 19 heavy (non-hydrogen) atoms. The summed E-state index contributed by atoms with van der Waals surface area (Å²) in [6.07, 6.45) is -0.166. The van der Waals surface area contributed by atoms with E-state index in [-0.39, 0.29) is 12.1 Å². The second-order valence-electron chi connectivity index (χ2n) is 4.72. The van der Waals surface area contributed by atoms with E-state index >= 15 is 0 Å². The van der Waals surface area contributed by atoms with Gasteiger partial charge in [0.1, 0.15) is 11.9 Å². The van der Waals surface area contributed by atoms with Gasteiger partial charge in [-0.3, -0.25) is 0 Å². The van der Waals surface area contributed by atoms with Crippen molar-refractivity contribution in [1.82, 2.24) is 0 Å². The first kappa shape index (κ1) is 13.9. The third kappa shape index (κ3) is 3.49. The van der Waals surface area contributed by atoms with E-state index in [9.17, 15) is 0 Å². The van der Waals surface area contributed by atoms with Crippen LogP contribution in [0.3, 0.4) is 0 Å². The predicted molar refractivity (Wildman–Crippen MR) is 79.6 cm³/mol. The van der Waals surface area contributed by atoms with Gasteiger partial charge in [0.15, 0.2) is 0 Å². The third-order valence-electron chi connectivity index (χ3n) is 3.00. The maximum absolute atomic E-state index is 6.06. The minimum Gasteiger partial charge on any atom is -0.484 e. The van der Waals surface area contributed by atoms with Gasteiger partial charge >= 0.3 is 0 Å². The average Bonchev–Trinajstić information content (AvgIpc) is 2.38. The van der Waals surface area contributed by atoms with Crippen molar-refractivity contribution in [3.05, 3.63) is 64.7 Å². The highest BCUT2D eigenvalue weighted by atomic mass is 35.5. The molecule has 0 bridgehead atoms. The Morgan fingerprint density at radius 1 is 1.11 bits per heavy atom. The number of benzene rings is 2. The number of hydrogen-bond donors (Lipinski definition) is 1. The minimum atomic E-state index is -0.166. The Morgan fingerprint density at radius 3 is 2.37 bits per heavy atom. The molecule has 2 N–H and O–H groups in total. The molecule has 0 heterocycles. The molecule has 2 aromatic rings. The molecule has 2 unspecified atom stereocenters. The molecule has 0 saturated carbocycles. The first-order valence-electron chi connectivity index (χ1n) is 6.31. The lowest BCUT2D eigenvalue weighted by atomic mass is 10.0. The molecule has 2 nitrogen and oxygen atoms in total. The van der Waals surface area contributed by atoms with Crippen molar-refractivity contribution in [2.45, 2.75) is 26.0 Å². The van der Waals surface area contributed by atoms with Gasteiger partial charge in [-0.2, -0.15) is 0 Å². The molecule has 0 fully saturated rings. The fraction of sp³-hybridized carbons (Fsp3) is 0.250. The number of rotatable bonds is 4. The Balaban J connectivity index is 2.27. The van der Waals surface area contributed by atoms with Crippen molar-refractivity contribution in [3.63, 3.8) is 0 Å². The van der Waals surface area contributed by atoms with E-state index in [0.29, 0.717) is 5.02 Å². The van der Waals surface area contributed by atoms with E-state index in [0.717, 1.165) is 16.9 Å². The molecule has 0 spiro atoms. The van der Waals surface area contributed by atoms with Gasteiger partial charge < -0.3 is 10.5 Å². The van der Waals surface area contributed by atoms with Crippen LogP contribution in [-0.4, -0.2) is 6.04 Å². The topological polar surface area (TPSA) is 35.2 Å². The Kier molecular flexibility index (Phi) is 4.46. The van der Waals surface area contributed by atoms with Crippen LogP contribution >= 0.6 is 11.6 Å². The summed E-state index contributed by atoms with van der Waals surface area (Å²) < 4.78 is 6.06. The van der Waals surface area contributed by atoms with Crippen LogP contribution in [0.5, 0.6) is 5.75 Å². The molecule has 0 aliphatic heterocycles. The van der Waals surface area contributed by atoms with Crippen LogP contribution in [0.4, 0.5) is 0 Å². The monoisotopic (exact) mass is 275 g/mol. The lowest BCUT2D eigenvalue weighted by Crippen LogP contribution is -2.29. The van der Waals surface area contributed by atoms with Gasteiger partial charge in [-0.05, 0) is 43.2 Å². The summed E-state index contributed by atoms with van der Waals surface area (Å²) in [6, 6.07) is 15.5. The number of halogens is 1. The largest absolute Gasteiger partial charge is 0.484 e. The zero-order valence-electron chi connectivity index (χ0n) is 11.1. The summed E-state index contributed by atoms with van der Waals surface area (Å²) in [7, 11) is 0. The number of hydrogen-bond acceptors (Lipinski definition) is 2. The van der Waals surface area contributed by atoms with Crippen LogP contribution in [0.2, 0.25) is 5.02 Å². The molecule has 2 aromatic carbocycles. The van der Waals surface area contributed by atoms with Crippen molar-refractivity contribution in [3.8, 4) is 5.75 Å². The summed E-state index contributed by atoms with van der Waals surface area (Å²) >= 11 is 5.95. The highest BCUT2D eigenvalue weighted by molar-refractivity contribution is 6.30. The van der Waals surface area contributed by atoms with Gasteiger partial charge in [-0.1, -0.05) is 41.9 Å². The fourth-order valence-corrected chi connectivity index (χ4v) is 2.23. The summed E-state index contributed by atoms with van der Waals surface area (Å²) in [4.78, 5) is 0. The van der Waals surface area contributed by atoms with E-state index in [1.807, 2.05) is 62.4 Å². The third-order valence-corrected chi connectivity index (χ3v) is 3.23. The molecule has 100 valence electrons. The van der Waals surface area contributed by atoms with Crippen molar-refractivity contribution < 1.29 is 4.74 Å². The molecular weight excluding hydrogens is 258 g/mol. The van der Waals surface area contributed by atoms with Crippen molar-refractivity contribution >= 4 is 11.6 Å². The first-order valence-corrected chi connectivity index (χ1v) is 6.69. The summed E-state index contributed by atoms with van der Waals surface area (Å²) in [5.74, 6) is 0.815. The van der Waals surface area contributed by atoms with Gasteiger partial charge in [0.2, 0.25) is 0 Å². The predicted octanol–water partition coefficient (Wildman–Crippen LogP) is 4.12. The molecule has 0 aliphatic rings. The number of aryl methyl sites for hydroxylation is 1. The molecule has 0 amide bonds. The van der Waals surface area contributed by atoms with Gasteiger partial charge in [-0.25, -0.2) is 0 Å². The van der Waals surface area contributed by atoms with Crippen molar-refractivity contribution in [2.75, 3.05) is 0 Å². The molecular formula is C16H18ClNO. The van der Waals surface area contributed by atoms with E-state index in [1.54, 1.807) is 0 Å². The molecule has 0 radical (unpaired) electrons. The van der Waals surface area contributed by atoms with E-state index in [2.05, 4.69) is 0 Å². The van der Waals surface area contributed by atoms with Gasteiger partial charge in [0, 0.05) is 11.1 Å². The fourth-order valence-electron chi connectivity index (χ4n) is 2.00. The zero-order valence-corrected chi connectivity index (χ0v) is 11.9. The standard InChI is InChI=1S/C16H18ClNO/c1-11-10-14(17)8-9-15(11)19-16(12(2)18)13-6-4-3-5-7-13/h3-10,12,16H,18H2,1-2H3. The highest BCUT2D eigenvalue weighted by Crippen LogP contribution is 2.28. The Hall–Kier alpha value is -1.51. The Labute approximate surface area is 119 Å². The van der Waals surface area contributed by atoms with Gasteiger partial charge in [0.25, 0.3) is 0 Å². The minimum absolute atomic E-state index is 0.0996. The van der Waals surface area contributed by atoms with Crippen LogP contribution in [0.25, 0.3) is 0 Å². The van der Waals surface area contributed by atoms with Crippen LogP contribution in [0.15, 0.2) is 48.5 Å². The Morgan fingerprint density at radius 2 is 1.79 bits per heavy atom. The molecule has 2 atom stereocenters. The van der Waals surface area contributed by atoms with Gasteiger partial charge in [0.05, 0.1) is 0 Å². The summed E-state index contributed by atoms with van der Waals surface area (Å²) in [5, 5.41) is 0.710. The summed E-state index contributed by atoms with van der Waals surface area (Å²) in [5.41, 5.74) is 8.13. The number of nitrogens with two attached hydrogens (primary N) is 1. The smallest absolute Gasteiger partial charge is 0.138 e. The van der Waals surface area contributed by atoms with Crippen LogP contribution in [0.1, 0.15) is 24.2 Å². The number of ether oxygens (including phenoxy) is 1. The van der Waals surface area contributed by atoms with E-state index in [1.165, 1.54) is 0 Å². The average molecular weight is 276 g/mol. The van der Waals surface area contributed by atoms with E-state index in [4.69, 9.17) is 22.1 Å². The van der Waals surface area contributed by atoms with Crippen LogP contribution in [-0.2, 0) is 0 Å². The first-order chi connectivity index (χ1) is 9.08. The maximum Gasteiger partial charge on any atom is 0.138 e. The SMILES string of the molecule is Cc1cc(Cl)ccc1OC(c1ccccc1)C(C)N. The van der Waals surface area contributed by atoms with Crippen molar-refractivity contribution in [1.29, 1.82) is 0 Å². The Bertz CT molecular complexity index is 540. The molecule has 0 aromatic heterocycles. The molecule has 0 aliphatic carbocycles. The quantitative estimate of drug-likeness (QED) is 0.911. The zero-order chi connectivity index (χ0) is 13.8. The van der Waals surface area contributed by atoms with Crippen LogP contribution in [0, 0.1) is 6.92 Å². The van der Waals surface area contributed by atoms with Crippen molar-refractivity contribution in [2.24, 2.45) is 5.73 Å². The second kappa shape index (κ2) is 6.09. The highest BCUT2D eigenvalue weighted by Gasteiger charge is 2.18. The van der Waals surface area contributed by atoms with Gasteiger partial charge in [-0.15, -0.1) is 0 Å². The normalized spacial score (nSPS) is 13.9. The van der Waals surface area contributed by atoms with Crippen LogP contribution < -0.4 is 10.5 Å². The summed E-state index contributed by atoms with van der Waals surface area (Å²) in [6.45, 7) is 3.92. The molecule has 0 saturated heterocycles.